The second kappa shape index (κ2) is 8.23. The number of benzene rings is 1. The zero-order chi connectivity index (χ0) is 19.4. The monoisotopic (exact) mass is 407 g/mol. The Balaban J connectivity index is 1.65. The molecule has 0 saturated carbocycles. The van der Waals surface area contributed by atoms with Gasteiger partial charge in [-0.1, -0.05) is 23.4 Å². The van der Waals surface area contributed by atoms with Gasteiger partial charge in [0.25, 0.3) is 5.69 Å². The molecule has 1 N–H and O–H groups in total. The molecule has 0 fully saturated rings. The fraction of sp³-hybridized carbons (Fsp3) is 0.188. The molecule has 9 nitrogen and oxygen atoms in total. The fourth-order valence-electron chi connectivity index (χ4n) is 2.18. The van der Waals surface area contributed by atoms with Crippen LogP contribution in [0, 0.1) is 10.1 Å². The van der Waals surface area contributed by atoms with Gasteiger partial charge >= 0.3 is 0 Å². The summed E-state index contributed by atoms with van der Waals surface area (Å²) in [6.07, 6.45) is 3.14. The summed E-state index contributed by atoms with van der Waals surface area (Å²) in [5.74, 6) is 0.426. The maximum absolute atomic E-state index is 12.4. The van der Waals surface area contributed by atoms with E-state index in [0.29, 0.717) is 17.4 Å². The van der Waals surface area contributed by atoms with Gasteiger partial charge in [-0.15, -0.1) is 10.2 Å². The van der Waals surface area contributed by atoms with Gasteiger partial charge in [-0.2, -0.15) is 0 Å². The average molecular weight is 408 g/mol. The number of nitro groups is 1. The number of furan rings is 1. The van der Waals surface area contributed by atoms with Crippen molar-refractivity contribution in [2.75, 3.05) is 5.32 Å². The van der Waals surface area contributed by atoms with Gasteiger partial charge < -0.3 is 14.3 Å². The molecule has 3 aromatic rings. The molecular weight excluding hydrogens is 394 g/mol. The highest BCUT2D eigenvalue weighted by Gasteiger charge is 2.20. The maximum Gasteiger partial charge on any atom is 0.271 e. The van der Waals surface area contributed by atoms with E-state index < -0.39 is 10.2 Å². The molecule has 2 heterocycles. The third-order valence-corrected chi connectivity index (χ3v) is 4.97. The van der Waals surface area contributed by atoms with Crippen LogP contribution in [0.1, 0.15) is 12.7 Å². The number of nitro benzene ring substituents is 1. The van der Waals surface area contributed by atoms with Crippen LogP contribution in [-0.2, 0) is 11.3 Å². The third kappa shape index (κ3) is 4.66. The summed E-state index contributed by atoms with van der Waals surface area (Å²) in [4.78, 5) is 22.6. The molecule has 0 spiro atoms. The number of thioether (sulfide) groups is 1. The van der Waals surface area contributed by atoms with Crippen molar-refractivity contribution in [1.29, 1.82) is 0 Å². The summed E-state index contributed by atoms with van der Waals surface area (Å²) in [5.41, 5.74) is 0.156. The molecule has 0 aliphatic heterocycles. The van der Waals surface area contributed by atoms with Crippen molar-refractivity contribution < 1.29 is 14.1 Å². The second-order valence-electron chi connectivity index (χ2n) is 5.49. The van der Waals surface area contributed by atoms with E-state index in [-0.39, 0.29) is 16.6 Å². The van der Waals surface area contributed by atoms with Gasteiger partial charge in [0.1, 0.15) is 12.1 Å². The number of halogens is 1. The minimum absolute atomic E-state index is 0.0933. The minimum Gasteiger partial charge on any atom is -0.467 e. The lowest BCUT2D eigenvalue weighted by atomic mass is 10.2. The number of amides is 1. The molecule has 0 radical (unpaired) electrons. The lowest BCUT2D eigenvalue weighted by molar-refractivity contribution is -0.384. The van der Waals surface area contributed by atoms with Gasteiger partial charge in [0.2, 0.25) is 5.91 Å². The van der Waals surface area contributed by atoms with Crippen molar-refractivity contribution >= 4 is 40.6 Å². The van der Waals surface area contributed by atoms with Crippen LogP contribution < -0.4 is 5.32 Å². The second-order valence-corrected chi connectivity index (χ2v) is 7.21. The molecule has 0 aliphatic carbocycles. The number of hydrogen-bond donors (Lipinski definition) is 1. The molecule has 11 heteroatoms. The van der Waals surface area contributed by atoms with Gasteiger partial charge in [-0.25, -0.2) is 0 Å². The normalized spacial score (nSPS) is 11.9. The maximum atomic E-state index is 12.4. The molecule has 0 aliphatic rings. The van der Waals surface area contributed by atoms with Crippen molar-refractivity contribution in [3.8, 4) is 0 Å². The Morgan fingerprint density at radius 3 is 2.96 bits per heavy atom. The van der Waals surface area contributed by atoms with E-state index in [9.17, 15) is 14.9 Å². The Bertz CT molecular complexity index is 960. The number of carbonyl (C=O) groups excluding carboxylic acids is 1. The van der Waals surface area contributed by atoms with Crippen LogP contribution in [-0.4, -0.2) is 30.8 Å². The van der Waals surface area contributed by atoms with E-state index in [1.807, 2.05) is 6.07 Å². The van der Waals surface area contributed by atoms with E-state index in [1.165, 1.54) is 30.0 Å². The molecule has 0 unspecified atom stereocenters. The summed E-state index contributed by atoms with van der Waals surface area (Å²) < 4.78 is 7.08. The van der Waals surface area contributed by atoms with Crippen molar-refractivity contribution in [1.82, 2.24) is 14.8 Å². The Labute approximate surface area is 162 Å². The number of nitrogens with zero attached hydrogens (tertiary/aromatic N) is 4. The number of anilines is 1. The van der Waals surface area contributed by atoms with Crippen LogP contribution in [0.5, 0.6) is 0 Å². The topological polar surface area (TPSA) is 116 Å². The molecule has 1 atom stereocenters. The quantitative estimate of drug-likeness (QED) is 0.361. The van der Waals surface area contributed by atoms with E-state index in [2.05, 4.69) is 15.5 Å². The molecule has 0 bridgehead atoms. The first-order valence-electron chi connectivity index (χ1n) is 7.75. The zero-order valence-electron chi connectivity index (χ0n) is 14.0. The zero-order valence-corrected chi connectivity index (χ0v) is 15.6. The third-order valence-electron chi connectivity index (χ3n) is 3.56. The standard InChI is InChI=1S/C16H14ClN5O4S/c1-10(15(23)19-14-5-4-11(22(24)25)7-13(14)17)27-16-20-18-9-21(16)8-12-3-2-6-26-12/h2-7,9-10H,8H2,1H3,(H,19,23)/t10-/m0/s1. The fourth-order valence-corrected chi connectivity index (χ4v) is 3.23. The molecule has 0 saturated heterocycles. The molecule has 1 aromatic carbocycles. The van der Waals surface area contributed by atoms with Crippen molar-refractivity contribution in [2.45, 2.75) is 23.9 Å². The van der Waals surface area contributed by atoms with Crippen LogP contribution in [0.15, 0.2) is 52.5 Å². The molecule has 140 valence electrons. The summed E-state index contributed by atoms with van der Waals surface area (Å²) in [6.45, 7) is 2.16. The average Bonchev–Trinajstić information content (AvgIpc) is 3.29. The first-order chi connectivity index (χ1) is 12.9. The molecule has 1 amide bonds. The highest BCUT2D eigenvalue weighted by molar-refractivity contribution is 8.00. The first-order valence-corrected chi connectivity index (χ1v) is 9.01. The predicted molar refractivity (Wildman–Crippen MR) is 99.9 cm³/mol. The SMILES string of the molecule is C[C@H](Sc1nncn1Cc1ccco1)C(=O)Nc1ccc([N+](=O)[O-])cc1Cl. The predicted octanol–water partition coefficient (Wildman–Crippen LogP) is 3.60. The smallest absolute Gasteiger partial charge is 0.271 e. The van der Waals surface area contributed by atoms with Crippen LogP contribution in [0.2, 0.25) is 5.02 Å². The first kappa shape index (κ1) is 18.9. The summed E-state index contributed by atoms with van der Waals surface area (Å²) in [7, 11) is 0. The lowest BCUT2D eigenvalue weighted by Gasteiger charge is -2.13. The van der Waals surface area contributed by atoms with Crippen molar-refractivity contribution in [3.05, 3.63) is 63.8 Å². The number of carbonyl (C=O) groups is 1. The Kier molecular flexibility index (Phi) is 5.77. The molecular formula is C16H14ClN5O4S. The van der Waals surface area contributed by atoms with Crippen LogP contribution in [0.4, 0.5) is 11.4 Å². The highest BCUT2D eigenvalue weighted by atomic mass is 35.5. The van der Waals surface area contributed by atoms with Gasteiger partial charge in [0, 0.05) is 12.1 Å². The van der Waals surface area contributed by atoms with Gasteiger partial charge in [0.15, 0.2) is 5.16 Å². The number of rotatable bonds is 7. The largest absolute Gasteiger partial charge is 0.467 e. The van der Waals surface area contributed by atoms with Gasteiger partial charge in [-0.05, 0) is 25.1 Å². The number of hydrogen-bond acceptors (Lipinski definition) is 7. The van der Waals surface area contributed by atoms with Gasteiger partial charge in [-0.3, -0.25) is 14.9 Å². The number of nitrogens with one attached hydrogen (secondary N) is 1. The summed E-state index contributed by atoms with van der Waals surface area (Å²) >= 11 is 7.23. The van der Waals surface area contributed by atoms with E-state index >= 15 is 0 Å². The summed E-state index contributed by atoms with van der Waals surface area (Å²) in [5, 5.41) is 21.5. The van der Waals surface area contributed by atoms with Gasteiger partial charge in [0.05, 0.1) is 33.7 Å². The van der Waals surface area contributed by atoms with Crippen LogP contribution in [0.25, 0.3) is 0 Å². The van der Waals surface area contributed by atoms with E-state index in [4.69, 9.17) is 16.0 Å². The lowest BCUT2D eigenvalue weighted by Crippen LogP contribution is -2.23. The van der Waals surface area contributed by atoms with Crippen molar-refractivity contribution in [3.63, 3.8) is 0 Å². The van der Waals surface area contributed by atoms with E-state index in [1.54, 1.807) is 30.1 Å². The number of non-ortho nitro benzene ring substituents is 1. The molecule has 27 heavy (non-hydrogen) atoms. The molecule has 2 aromatic heterocycles. The Morgan fingerprint density at radius 1 is 1.48 bits per heavy atom. The summed E-state index contributed by atoms with van der Waals surface area (Å²) in [6, 6.07) is 7.49. The minimum atomic E-state index is -0.554. The van der Waals surface area contributed by atoms with E-state index in [0.717, 1.165) is 5.76 Å². The Morgan fingerprint density at radius 2 is 2.30 bits per heavy atom. The van der Waals surface area contributed by atoms with Crippen LogP contribution in [0.3, 0.4) is 0 Å². The molecule has 3 rings (SSSR count). The van der Waals surface area contributed by atoms with Crippen LogP contribution >= 0.6 is 23.4 Å². The Hall–Kier alpha value is -2.85. The number of aromatic nitrogens is 3. The van der Waals surface area contributed by atoms with Crippen molar-refractivity contribution in [2.24, 2.45) is 0 Å². The highest BCUT2D eigenvalue weighted by Crippen LogP contribution is 2.28.